The van der Waals surface area contributed by atoms with Crippen LogP contribution in [0.25, 0.3) is 0 Å². The van der Waals surface area contributed by atoms with Crippen LogP contribution in [0.2, 0.25) is 0 Å². The lowest BCUT2D eigenvalue weighted by molar-refractivity contribution is -0.147. The summed E-state index contributed by atoms with van der Waals surface area (Å²) in [4.78, 5) is 44.4. The number of rotatable bonds is 6. The van der Waals surface area contributed by atoms with Crippen molar-refractivity contribution in [1.29, 1.82) is 0 Å². The number of hydrogen-bond donors (Lipinski definition) is 3. The van der Waals surface area contributed by atoms with E-state index in [0.717, 1.165) is 4.57 Å². The van der Waals surface area contributed by atoms with Crippen LogP contribution in [0.4, 0.5) is 0 Å². The summed E-state index contributed by atoms with van der Waals surface area (Å²) in [5, 5.41) is 19.4. The normalized spacial score (nSPS) is 11.7. The summed E-state index contributed by atoms with van der Waals surface area (Å²) < 4.78 is 1.64. The van der Waals surface area contributed by atoms with Gasteiger partial charge in [-0.2, -0.15) is 0 Å². The summed E-state index contributed by atoms with van der Waals surface area (Å²) in [6.45, 7) is -0.401. The molecule has 1 heterocycles. The first kappa shape index (κ1) is 15.9. The van der Waals surface area contributed by atoms with Crippen LogP contribution in [0.3, 0.4) is 0 Å². The van der Waals surface area contributed by atoms with Gasteiger partial charge >= 0.3 is 11.9 Å². The third kappa shape index (κ3) is 4.84. The minimum atomic E-state index is -1.54. The fourth-order valence-corrected chi connectivity index (χ4v) is 1.77. The van der Waals surface area contributed by atoms with Gasteiger partial charge in [0.05, 0.1) is 6.42 Å². The van der Waals surface area contributed by atoms with Gasteiger partial charge in [-0.15, -0.1) is 0 Å². The number of pyridine rings is 1. The maximum atomic E-state index is 11.6. The molecule has 0 radical (unpaired) electrons. The molecule has 1 atom stereocenters. The Morgan fingerprint density at radius 2 is 1.95 bits per heavy atom. The number of carboxylic acid groups (broad SMARTS) is 2. The van der Waals surface area contributed by atoms with Gasteiger partial charge in [0.15, 0.2) is 0 Å². The SMILES string of the molecule is O=C(O)CC(NC(=O)Cn1cc(Br)ccc1=O)C(=O)O. The second-order valence-electron chi connectivity index (χ2n) is 3.87. The molecule has 0 aliphatic carbocycles. The molecule has 0 saturated carbocycles. The molecule has 1 aromatic rings. The van der Waals surface area contributed by atoms with Crippen molar-refractivity contribution in [2.24, 2.45) is 0 Å². The summed E-state index contributed by atoms with van der Waals surface area (Å²) in [5.41, 5.74) is -0.437. The molecule has 3 N–H and O–H groups in total. The molecule has 9 heteroatoms. The molecule has 1 aromatic heterocycles. The molecule has 8 nitrogen and oxygen atoms in total. The van der Waals surface area contributed by atoms with E-state index in [1.807, 2.05) is 5.32 Å². The number of amides is 1. The van der Waals surface area contributed by atoms with Crippen LogP contribution in [0.1, 0.15) is 6.42 Å². The number of nitrogens with one attached hydrogen (secondary N) is 1. The van der Waals surface area contributed by atoms with Crippen molar-refractivity contribution in [1.82, 2.24) is 9.88 Å². The maximum absolute atomic E-state index is 11.6. The molecule has 1 unspecified atom stereocenters. The van der Waals surface area contributed by atoms with Crippen LogP contribution in [-0.2, 0) is 20.9 Å². The Hall–Kier alpha value is -2.16. The van der Waals surface area contributed by atoms with Crippen molar-refractivity contribution < 1.29 is 24.6 Å². The van der Waals surface area contributed by atoms with Crippen LogP contribution >= 0.6 is 15.9 Å². The van der Waals surface area contributed by atoms with Gasteiger partial charge in [0, 0.05) is 16.7 Å². The Balaban J connectivity index is 2.75. The molecular weight excluding hydrogens is 336 g/mol. The van der Waals surface area contributed by atoms with Crippen LogP contribution in [-0.4, -0.2) is 38.7 Å². The molecule has 0 aliphatic heterocycles. The quantitative estimate of drug-likeness (QED) is 0.646. The first-order chi connectivity index (χ1) is 9.29. The van der Waals surface area contributed by atoms with Crippen LogP contribution in [0, 0.1) is 0 Å². The second-order valence-corrected chi connectivity index (χ2v) is 4.79. The predicted molar refractivity (Wildman–Crippen MR) is 70.2 cm³/mol. The molecular formula is C11H11BrN2O6. The van der Waals surface area contributed by atoms with E-state index in [1.165, 1.54) is 18.3 Å². The standard InChI is InChI=1S/C11H11BrN2O6/c12-6-1-2-9(16)14(4-6)5-8(15)13-7(11(19)20)3-10(17)18/h1-2,4,7H,3,5H2,(H,13,15)(H,17,18)(H,19,20). The number of carbonyl (C=O) groups excluding carboxylic acids is 1. The van der Waals surface area contributed by atoms with Crippen molar-refractivity contribution in [3.63, 3.8) is 0 Å². The van der Waals surface area contributed by atoms with Gasteiger partial charge in [-0.25, -0.2) is 4.79 Å². The lowest BCUT2D eigenvalue weighted by Gasteiger charge is -2.13. The zero-order valence-electron chi connectivity index (χ0n) is 10.1. The van der Waals surface area contributed by atoms with Crippen LogP contribution in [0.15, 0.2) is 27.6 Å². The molecule has 0 saturated heterocycles. The number of carboxylic acids is 2. The minimum Gasteiger partial charge on any atom is -0.481 e. The highest BCUT2D eigenvalue weighted by Crippen LogP contribution is 2.04. The third-order valence-electron chi connectivity index (χ3n) is 2.27. The van der Waals surface area contributed by atoms with Crippen molar-refractivity contribution in [3.8, 4) is 0 Å². The molecule has 0 bridgehead atoms. The van der Waals surface area contributed by atoms with E-state index in [-0.39, 0.29) is 0 Å². The smallest absolute Gasteiger partial charge is 0.326 e. The van der Waals surface area contributed by atoms with Crippen LogP contribution < -0.4 is 10.9 Å². The Bertz CT molecular complexity index is 597. The third-order valence-corrected chi connectivity index (χ3v) is 2.74. The van der Waals surface area contributed by atoms with Crippen LogP contribution in [0.5, 0.6) is 0 Å². The fraction of sp³-hybridized carbons (Fsp3) is 0.273. The second kappa shape index (κ2) is 6.85. The molecule has 1 rings (SSSR count). The number of carbonyl (C=O) groups is 3. The number of aliphatic carboxylic acids is 2. The fourth-order valence-electron chi connectivity index (χ4n) is 1.40. The van der Waals surface area contributed by atoms with Crippen molar-refractivity contribution in [2.45, 2.75) is 19.0 Å². The van der Waals surface area contributed by atoms with E-state index in [0.29, 0.717) is 4.47 Å². The van der Waals surface area contributed by atoms with E-state index < -0.39 is 42.4 Å². The maximum Gasteiger partial charge on any atom is 0.326 e. The van der Waals surface area contributed by atoms with Gasteiger partial charge < -0.3 is 20.1 Å². The largest absolute Gasteiger partial charge is 0.481 e. The van der Waals surface area contributed by atoms with Gasteiger partial charge in [-0.1, -0.05) is 0 Å². The zero-order chi connectivity index (χ0) is 15.3. The Morgan fingerprint density at radius 1 is 1.30 bits per heavy atom. The molecule has 0 spiro atoms. The Morgan fingerprint density at radius 3 is 2.50 bits per heavy atom. The van der Waals surface area contributed by atoms with E-state index in [9.17, 15) is 19.2 Å². The Kier molecular flexibility index (Phi) is 5.44. The monoisotopic (exact) mass is 346 g/mol. The van der Waals surface area contributed by atoms with Gasteiger partial charge in [0.25, 0.3) is 5.56 Å². The summed E-state index contributed by atoms with van der Waals surface area (Å²) >= 11 is 3.13. The van der Waals surface area contributed by atoms with Gasteiger partial charge in [0.2, 0.25) is 5.91 Å². The van der Waals surface area contributed by atoms with Crippen molar-refractivity contribution >= 4 is 33.8 Å². The average Bonchev–Trinajstić information content (AvgIpc) is 2.32. The highest BCUT2D eigenvalue weighted by atomic mass is 79.9. The van der Waals surface area contributed by atoms with E-state index in [4.69, 9.17) is 10.2 Å². The average molecular weight is 347 g/mol. The van der Waals surface area contributed by atoms with Gasteiger partial charge in [-0.3, -0.25) is 14.4 Å². The number of halogens is 1. The zero-order valence-corrected chi connectivity index (χ0v) is 11.7. The summed E-state index contributed by atoms with van der Waals surface area (Å²) in [6, 6.07) is 1.20. The number of aromatic nitrogens is 1. The number of hydrogen-bond acceptors (Lipinski definition) is 4. The Labute approximate surface area is 121 Å². The first-order valence-electron chi connectivity index (χ1n) is 5.39. The highest BCUT2D eigenvalue weighted by Gasteiger charge is 2.23. The minimum absolute atomic E-state index is 0.401. The first-order valence-corrected chi connectivity index (χ1v) is 6.19. The highest BCUT2D eigenvalue weighted by molar-refractivity contribution is 9.10. The summed E-state index contributed by atoms with van der Waals surface area (Å²) in [7, 11) is 0. The van der Waals surface area contributed by atoms with Crippen molar-refractivity contribution in [3.05, 3.63) is 33.2 Å². The molecule has 0 fully saturated rings. The molecule has 108 valence electrons. The predicted octanol–water partition coefficient (Wildman–Crippen LogP) is -0.345. The van der Waals surface area contributed by atoms with E-state index in [2.05, 4.69) is 15.9 Å². The summed E-state index contributed by atoms with van der Waals surface area (Å²) in [5.74, 6) is -3.57. The number of nitrogens with zero attached hydrogens (tertiary/aromatic N) is 1. The molecule has 0 aromatic carbocycles. The van der Waals surface area contributed by atoms with E-state index in [1.54, 1.807) is 0 Å². The summed E-state index contributed by atoms with van der Waals surface area (Å²) in [6.07, 6.45) is 0.628. The molecule has 20 heavy (non-hydrogen) atoms. The van der Waals surface area contributed by atoms with Gasteiger partial charge in [-0.05, 0) is 22.0 Å². The molecule has 0 aliphatic rings. The lowest BCUT2D eigenvalue weighted by atomic mass is 10.2. The lowest BCUT2D eigenvalue weighted by Crippen LogP contribution is -2.44. The topological polar surface area (TPSA) is 126 Å². The van der Waals surface area contributed by atoms with E-state index >= 15 is 0 Å². The molecule has 1 amide bonds. The van der Waals surface area contributed by atoms with Crippen molar-refractivity contribution in [2.75, 3.05) is 0 Å². The van der Waals surface area contributed by atoms with Gasteiger partial charge in [0.1, 0.15) is 12.6 Å².